The number of carbonyl (C=O) groups is 2. The van der Waals surface area contributed by atoms with Gasteiger partial charge in [0, 0.05) is 23.6 Å². The summed E-state index contributed by atoms with van der Waals surface area (Å²) < 4.78 is 11.6. The zero-order valence-electron chi connectivity index (χ0n) is 19.3. The molecule has 2 aliphatic rings. The lowest BCUT2D eigenvalue weighted by Gasteiger charge is -2.48. The molecule has 2 aromatic carbocycles. The average Bonchev–Trinajstić information content (AvgIpc) is 2.76. The molecule has 2 unspecified atom stereocenters. The Balaban J connectivity index is 1.43. The smallest absolute Gasteiger partial charge is 0.410 e. The van der Waals surface area contributed by atoms with Crippen LogP contribution in [0.5, 0.6) is 5.75 Å². The third kappa shape index (κ3) is 5.32. The Morgan fingerprint density at radius 2 is 1.66 bits per heavy atom. The van der Waals surface area contributed by atoms with Crippen LogP contribution in [0.25, 0.3) is 0 Å². The van der Waals surface area contributed by atoms with Crippen LogP contribution < -0.4 is 4.74 Å². The Morgan fingerprint density at radius 3 is 2.31 bits per heavy atom. The molecule has 0 radical (unpaired) electrons. The van der Waals surface area contributed by atoms with Crippen LogP contribution >= 0.6 is 0 Å². The minimum atomic E-state index is -0.516. The van der Waals surface area contributed by atoms with Gasteiger partial charge in [-0.05, 0) is 70.6 Å². The lowest BCUT2D eigenvalue weighted by atomic mass is 9.76. The quantitative estimate of drug-likeness (QED) is 0.539. The summed E-state index contributed by atoms with van der Waals surface area (Å²) in [5, 5.41) is 0. The number of benzene rings is 2. The summed E-state index contributed by atoms with van der Waals surface area (Å²) in [7, 11) is 0. The number of Topliss-reactive ketones (excluding diaryl/α,β-unsaturated/α-hetero) is 1. The highest BCUT2D eigenvalue weighted by atomic mass is 16.6. The molecule has 5 nitrogen and oxygen atoms in total. The van der Waals surface area contributed by atoms with Crippen molar-refractivity contribution in [1.29, 1.82) is 0 Å². The minimum Gasteiger partial charge on any atom is -0.489 e. The Kier molecular flexibility index (Phi) is 6.54. The highest BCUT2D eigenvalue weighted by Crippen LogP contribution is 2.39. The minimum absolute atomic E-state index is 0.0730. The molecule has 0 spiro atoms. The molecule has 0 saturated carbocycles. The number of nitrogens with zero attached hydrogens (tertiary/aromatic N) is 1. The fraction of sp³-hybridized carbons (Fsp3) is 0.481. The van der Waals surface area contributed by atoms with Crippen molar-refractivity contribution in [2.24, 2.45) is 5.92 Å². The Hall–Kier alpha value is -2.82. The van der Waals surface area contributed by atoms with E-state index in [1.54, 1.807) is 0 Å². The van der Waals surface area contributed by atoms with Crippen molar-refractivity contribution in [3.8, 4) is 5.75 Å². The number of ether oxygens (including phenoxy) is 2. The summed E-state index contributed by atoms with van der Waals surface area (Å²) in [5.74, 6) is 0.773. The average molecular weight is 436 g/mol. The monoisotopic (exact) mass is 435 g/mol. The van der Waals surface area contributed by atoms with E-state index >= 15 is 0 Å². The maximum Gasteiger partial charge on any atom is 0.410 e. The third-order valence-corrected chi connectivity index (χ3v) is 6.32. The van der Waals surface area contributed by atoms with Gasteiger partial charge in [0.2, 0.25) is 0 Å². The van der Waals surface area contributed by atoms with Crippen molar-refractivity contribution in [2.75, 3.05) is 0 Å². The molecule has 32 heavy (non-hydrogen) atoms. The molecule has 0 N–H and O–H groups in total. The van der Waals surface area contributed by atoms with Crippen LogP contribution in [-0.2, 0) is 11.3 Å². The molecule has 2 atom stereocenters. The van der Waals surface area contributed by atoms with E-state index < -0.39 is 5.60 Å². The molecular formula is C27H33NO4. The molecule has 2 saturated heterocycles. The van der Waals surface area contributed by atoms with E-state index in [4.69, 9.17) is 9.47 Å². The maximum atomic E-state index is 13.4. The van der Waals surface area contributed by atoms with Crippen LogP contribution in [0.4, 0.5) is 4.79 Å². The van der Waals surface area contributed by atoms with Gasteiger partial charge in [-0.2, -0.15) is 0 Å². The van der Waals surface area contributed by atoms with E-state index in [2.05, 4.69) is 0 Å². The van der Waals surface area contributed by atoms with Crippen LogP contribution in [0.2, 0.25) is 0 Å². The van der Waals surface area contributed by atoms with Gasteiger partial charge in [0.05, 0.1) is 0 Å². The van der Waals surface area contributed by atoms with Gasteiger partial charge in [-0.25, -0.2) is 4.79 Å². The molecule has 2 heterocycles. The Bertz CT molecular complexity index is 936. The lowest BCUT2D eigenvalue weighted by molar-refractivity contribution is -0.0260. The normalized spacial score (nSPS) is 22.8. The third-order valence-electron chi connectivity index (χ3n) is 6.32. The fourth-order valence-electron chi connectivity index (χ4n) is 4.92. The van der Waals surface area contributed by atoms with E-state index in [1.165, 1.54) is 0 Å². The molecule has 2 aliphatic heterocycles. The zero-order chi connectivity index (χ0) is 22.7. The first kappa shape index (κ1) is 22.4. The van der Waals surface area contributed by atoms with Crippen LogP contribution in [0.15, 0.2) is 54.6 Å². The Labute approximate surface area is 190 Å². The number of hydrogen-bond donors (Lipinski definition) is 0. The van der Waals surface area contributed by atoms with Crippen molar-refractivity contribution >= 4 is 11.9 Å². The molecule has 2 aromatic rings. The molecule has 2 fully saturated rings. The largest absolute Gasteiger partial charge is 0.489 e. The van der Waals surface area contributed by atoms with E-state index in [0.717, 1.165) is 24.8 Å². The summed E-state index contributed by atoms with van der Waals surface area (Å²) >= 11 is 0. The van der Waals surface area contributed by atoms with Gasteiger partial charge in [-0.3, -0.25) is 4.79 Å². The highest BCUT2D eigenvalue weighted by Gasteiger charge is 2.44. The molecular weight excluding hydrogens is 402 g/mol. The predicted molar refractivity (Wildman–Crippen MR) is 124 cm³/mol. The van der Waals surface area contributed by atoms with Crippen LogP contribution in [-0.4, -0.2) is 34.5 Å². The standard InChI is InChI=1S/C27H33NO4/c1-27(2,3)32-26(30)28-22-12-8-13-23(28)16-21(15-22)25(29)20-11-7-14-24(17-20)31-18-19-9-5-4-6-10-19/h4-7,9-11,14,17,21-23H,8,12-13,15-16,18H2,1-3H3. The Morgan fingerprint density at radius 1 is 0.969 bits per heavy atom. The summed E-state index contributed by atoms with van der Waals surface area (Å²) in [6.07, 6.45) is 4.11. The van der Waals surface area contributed by atoms with Crippen molar-refractivity contribution in [1.82, 2.24) is 4.90 Å². The topological polar surface area (TPSA) is 55.8 Å². The maximum absolute atomic E-state index is 13.4. The number of hydrogen-bond acceptors (Lipinski definition) is 4. The molecule has 4 rings (SSSR count). The first-order valence-electron chi connectivity index (χ1n) is 11.6. The van der Waals surface area contributed by atoms with E-state index in [-0.39, 0.29) is 29.9 Å². The number of carbonyl (C=O) groups excluding carboxylic acids is 2. The number of ketones is 1. The highest BCUT2D eigenvalue weighted by molar-refractivity contribution is 5.98. The van der Waals surface area contributed by atoms with Gasteiger partial charge in [0.15, 0.2) is 5.78 Å². The predicted octanol–water partition coefficient (Wildman–Crippen LogP) is 6.02. The fourth-order valence-corrected chi connectivity index (χ4v) is 4.92. The lowest BCUT2D eigenvalue weighted by Crippen LogP contribution is -2.56. The van der Waals surface area contributed by atoms with E-state index in [9.17, 15) is 9.59 Å². The van der Waals surface area contributed by atoms with Crippen LogP contribution in [0, 0.1) is 5.92 Å². The number of piperidine rings is 2. The van der Waals surface area contributed by atoms with Gasteiger partial charge >= 0.3 is 6.09 Å². The van der Waals surface area contributed by atoms with Crippen molar-refractivity contribution in [3.05, 3.63) is 65.7 Å². The summed E-state index contributed by atoms with van der Waals surface area (Å²) in [6.45, 7) is 6.15. The van der Waals surface area contributed by atoms with Gasteiger partial charge < -0.3 is 14.4 Å². The van der Waals surface area contributed by atoms with E-state index in [1.807, 2.05) is 80.3 Å². The van der Waals surface area contributed by atoms with Crippen LogP contribution in [0.1, 0.15) is 68.8 Å². The molecule has 170 valence electrons. The van der Waals surface area contributed by atoms with Gasteiger partial charge in [-0.1, -0.05) is 42.5 Å². The molecule has 0 aliphatic carbocycles. The molecule has 2 bridgehead atoms. The van der Waals surface area contributed by atoms with E-state index in [0.29, 0.717) is 30.8 Å². The van der Waals surface area contributed by atoms with Crippen molar-refractivity contribution < 1.29 is 19.1 Å². The van der Waals surface area contributed by atoms with Gasteiger partial charge in [0.25, 0.3) is 0 Å². The number of rotatable bonds is 5. The molecule has 1 amide bonds. The second-order valence-corrected chi connectivity index (χ2v) is 9.96. The summed E-state index contributed by atoms with van der Waals surface area (Å²) in [5.41, 5.74) is 1.26. The zero-order valence-corrected chi connectivity index (χ0v) is 19.3. The first-order chi connectivity index (χ1) is 15.3. The van der Waals surface area contributed by atoms with Crippen molar-refractivity contribution in [2.45, 2.75) is 77.2 Å². The second kappa shape index (κ2) is 9.35. The first-order valence-corrected chi connectivity index (χ1v) is 11.6. The van der Waals surface area contributed by atoms with Gasteiger partial charge in [-0.15, -0.1) is 0 Å². The molecule has 0 aromatic heterocycles. The number of amides is 1. The van der Waals surface area contributed by atoms with Gasteiger partial charge in [0.1, 0.15) is 18.0 Å². The van der Waals surface area contributed by atoms with Crippen LogP contribution in [0.3, 0.4) is 0 Å². The van der Waals surface area contributed by atoms with Crippen molar-refractivity contribution in [3.63, 3.8) is 0 Å². The molecule has 5 heteroatoms. The number of fused-ring (bicyclic) bond motifs is 2. The summed E-state index contributed by atoms with van der Waals surface area (Å²) in [4.78, 5) is 28.1. The SMILES string of the molecule is CC(C)(C)OC(=O)N1C2CCCC1CC(C(=O)c1cccc(OCc3ccccc3)c1)C2. The summed E-state index contributed by atoms with van der Waals surface area (Å²) in [6, 6.07) is 17.6. The second-order valence-electron chi connectivity index (χ2n) is 9.96.